The lowest BCUT2D eigenvalue weighted by atomic mass is 9.94. The van der Waals surface area contributed by atoms with Crippen molar-refractivity contribution in [2.24, 2.45) is 0 Å². The molecule has 0 amide bonds. The third-order valence-electron chi connectivity index (χ3n) is 5.45. The Kier molecular flexibility index (Phi) is 13.5. The molecule has 0 spiro atoms. The predicted octanol–water partition coefficient (Wildman–Crippen LogP) is 8.37. The highest BCUT2D eigenvalue weighted by atomic mass is 16.3. The van der Waals surface area contributed by atoms with Crippen molar-refractivity contribution in [1.29, 1.82) is 0 Å². The number of aromatic hydroxyl groups is 1. The fraction of sp³-hybridized carbons (Fsp3) is 0.750. The van der Waals surface area contributed by atoms with E-state index in [1.54, 1.807) is 12.1 Å². The minimum atomic E-state index is 0.368. The zero-order valence-electron chi connectivity index (χ0n) is 16.9. The Morgan fingerprint density at radius 1 is 0.640 bits per heavy atom. The topological polar surface area (TPSA) is 20.2 Å². The lowest BCUT2D eigenvalue weighted by Crippen LogP contribution is -1.93. The summed E-state index contributed by atoms with van der Waals surface area (Å²) in [6.45, 7) is 4.59. The zero-order valence-corrected chi connectivity index (χ0v) is 16.9. The van der Waals surface area contributed by atoms with Crippen LogP contribution in [0.15, 0.2) is 24.3 Å². The first-order valence-electron chi connectivity index (χ1n) is 11.0. The minimum Gasteiger partial charge on any atom is -0.508 e. The van der Waals surface area contributed by atoms with Crippen LogP contribution in [0.5, 0.6) is 5.75 Å². The van der Waals surface area contributed by atoms with Crippen molar-refractivity contribution in [3.05, 3.63) is 29.8 Å². The molecule has 1 nitrogen and oxygen atoms in total. The molecule has 25 heavy (non-hydrogen) atoms. The standard InChI is InChI=1S/C24H42O/c1-3-4-5-6-7-8-9-10-11-12-13-14-15-16-17-22(2)23-18-20-24(25)21-19-23/h18-22,25H,3-17H2,1-2H3. The van der Waals surface area contributed by atoms with Gasteiger partial charge in [0.15, 0.2) is 0 Å². The molecule has 0 radical (unpaired) electrons. The quantitative estimate of drug-likeness (QED) is 0.298. The Labute approximate surface area is 157 Å². The van der Waals surface area contributed by atoms with Crippen LogP contribution < -0.4 is 0 Å². The molecular weight excluding hydrogens is 304 g/mol. The fourth-order valence-corrected chi connectivity index (χ4v) is 3.61. The number of unbranched alkanes of at least 4 members (excludes halogenated alkanes) is 13. The SMILES string of the molecule is CCCCCCCCCCCCCCCCC(C)c1ccc(O)cc1. The maximum atomic E-state index is 9.35. The molecule has 1 aromatic carbocycles. The van der Waals surface area contributed by atoms with E-state index in [9.17, 15) is 5.11 Å². The molecule has 1 N–H and O–H groups in total. The first kappa shape index (κ1) is 22.1. The van der Waals surface area contributed by atoms with E-state index in [-0.39, 0.29) is 0 Å². The second-order valence-electron chi connectivity index (χ2n) is 7.88. The van der Waals surface area contributed by atoms with E-state index in [0.717, 1.165) is 0 Å². The van der Waals surface area contributed by atoms with Crippen LogP contribution in [0.3, 0.4) is 0 Å². The highest BCUT2D eigenvalue weighted by molar-refractivity contribution is 5.27. The van der Waals surface area contributed by atoms with Gasteiger partial charge in [0.2, 0.25) is 0 Å². The monoisotopic (exact) mass is 346 g/mol. The van der Waals surface area contributed by atoms with Crippen LogP contribution in [0, 0.1) is 0 Å². The molecule has 1 atom stereocenters. The summed E-state index contributed by atoms with van der Waals surface area (Å²) in [5.41, 5.74) is 1.35. The molecule has 0 aliphatic carbocycles. The summed E-state index contributed by atoms with van der Waals surface area (Å²) in [6.07, 6.45) is 21.2. The molecular formula is C24H42O. The van der Waals surface area contributed by atoms with Crippen molar-refractivity contribution in [2.45, 2.75) is 116 Å². The van der Waals surface area contributed by atoms with Gasteiger partial charge >= 0.3 is 0 Å². The Morgan fingerprint density at radius 2 is 1.04 bits per heavy atom. The molecule has 1 heteroatoms. The van der Waals surface area contributed by atoms with Crippen molar-refractivity contribution < 1.29 is 5.11 Å². The average Bonchev–Trinajstić information content (AvgIpc) is 2.62. The van der Waals surface area contributed by atoms with E-state index in [1.807, 2.05) is 0 Å². The van der Waals surface area contributed by atoms with Gasteiger partial charge in [0.1, 0.15) is 5.75 Å². The summed E-state index contributed by atoms with van der Waals surface area (Å²) in [5, 5.41) is 9.35. The first-order chi connectivity index (χ1) is 12.2. The summed E-state index contributed by atoms with van der Waals surface area (Å²) in [6, 6.07) is 7.72. The summed E-state index contributed by atoms with van der Waals surface area (Å²) < 4.78 is 0. The summed E-state index contributed by atoms with van der Waals surface area (Å²) >= 11 is 0. The Bertz CT molecular complexity index is 395. The van der Waals surface area contributed by atoms with Crippen LogP contribution >= 0.6 is 0 Å². The van der Waals surface area contributed by atoms with E-state index in [4.69, 9.17) is 0 Å². The summed E-state index contributed by atoms with van der Waals surface area (Å²) in [4.78, 5) is 0. The molecule has 0 fully saturated rings. The van der Waals surface area contributed by atoms with Gasteiger partial charge in [0.25, 0.3) is 0 Å². The molecule has 0 aromatic heterocycles. The normalized spacial score (nSPS) is 12.4. The fourth-order valence-electron chi connectivity index (χ4n) is 3.61. The molecule has 0 saturated carbocycles. The van der Waals surface area contributed by atoms with E-state index in [1.165, 1.54) is 102 Å². The largest absolute Gasteiger partial charge is 0.508 e. The average molecular weight is 347 g/mol. The Morgan fingerprint density at radius 3 is 1.48 bits per heavy atom. The third kappa shape index (κ3) is 12.1. The second-order valence-corrected chi connectivity index (χ2v) is 7.88. The van der Waals surface area contributed by atoms with Gasteiger partial charge in [-0.1, -0.05) is 116 Å². The minimum absolute atomic E-state index is 0.368. The Hall–Kier alpha value is -0.980. The van der Waals surface area contributed by atoms with Gasteiger partial charge in [-0.05, 0) is 30.0 Å². The van der Waals surface area contributed by atoms with Crippen molar-refractivity contribution in [2.75, 3.05) is 0 Å². The summed E-state index contributed by atoms with van der Waals surface area (Å²) in [5.74, 6) is 0.977. The highest BCUT2D eigenvalue weighted by Crippen LogP contribution is 2.24. The smallest absolute Gasteiger partial charge is 0.115 e. The molecule has 1 aromatic rings. The molecule has 0 aliphatic rings. The molecule has 1 unspecified atom stereocenters. The van der Waals surface area contributed by atoms with Gasteiger partial charge in [-0.25, -0.2) is 0 Å². The van der Waals surface area contributed by atoms with E-state index in [0.29, 0.717) is 11.7 Å². The molecule has 144 valence electrons. The maximum Gasteiger partial charge on any atom is 0.115 e. The van der Waals surface area contributed by atoms with Crippen LogP contribution in [0.1, 0.15) is 122 Å². The third-order valence-corrected chi connectivity index (χ3v) is 5.45. The van der Waals surface area contributed by atoms with E-state index < -0.39 is 0 Å². The highest BCUT2D eigenvalue weighted by Gasteiger charge is 2.05. The summed E-state index contributed by atoms with van der Waals surface area (Å²) in [7, 11) is 0. The van der Waals surface area contributed by atoms with Crippen molar-refractivity contribution in [3.63, 3.8) is 0 Å². The van der Waals surface area contributed by atoms with Gasteiger partial charge in [-0.3, -0.25) is 0 Å². The van der Waals surface area contributed by atoms with Gasteiger partial charge in [-0.15, -0.1) is 0 Å². The predicted molar refractivity (Wildman–Crippen MR) is 111 cm³/mol. The number of phenolic OH excluding ortho intramolecular Hbond substituents is 1. The molecule has 0 aliphatic heterocycles. The van der Waals surface area contributed by atoms with Gasteiger partial charge in [0, 0.05) is 0 Å². The van der Waals surface area contributed by atoms with Crippen LogP contribution in [0.25, 0.3) is 0 Å². The zero-order chi connectivity index (χ0) is 18.2. The number of rotatable bonds is 16. The molecule has 0 heterocycles. The molecule has 1 rings (SSSR count). The lowest BCUT2D eigenvalue weighted by Gasteiger charge is -2.11. The molecule has 0 bridgehead atoms. The van der Waals surface area contributed by atoms with Crippen LogP contribution in [-0.2, 0) is 0 Å². The van der Waals surface area contributed by atoms with E-state index >= 15 is 0 Å². The van der Waals surface area contributed by atoms with Crippen molar-refractivity contribution in [3.8, 4) is 5.75 Å². The second kappa shape index (κ2) is 15.3. The lowest BCUT2D eigenvalue weighted by molar-refractivity contribution is 0.474. The van der Waals surface area contributed by atoms with Gasteiger partial charge < -0.3 is 5.11 Å². The number of hydrogen-bond donors (Lipinski definition) is 1. The number of phenols is 1. The molecule has 0 saturated heterocycles. The van der Waals surface area contributed by atoms with Crippen molar-refractivity contribution in [1.82, 2.24) is 0 Å². The van der Waals surface area contributed by atoms with Gasteiger partial charge in [-0.2, -0.15) is 0 Å². The first-order valence-corrected chi connectivity index (χ1v) is 11.0. The number of hydrogen-bond acceptors (Lipinski definition) is 1. The van der Waals surface area contributed by atoms with Crippen LogP contribution in [0.4, 0.5) is 0 Å². The van der Waals surface area contributed by atoms with E-state index in [2.05, 4.69) is 26.0 Å². The van der Waals surface area contributed by atoms with Crippen LogP contribution in [0.2, 0.25) is 0 Å². The number of benzene rings is 1. The van der Waals surface area contributed by atoms with Crippen LogP contribution in [-0.4, -0.2) is 5.11 Å². The van der Waals surface area contributed by atoms with Gasteiger partial charge in [0.05, 0.1) is 0 Å². The van der Waals surface area contributed by atoms with Crippen molar-refractivity contribution >= 4 is 0 Å². The maximum absolute atomic E-state index is 9.35. The Balaban J connectivity index is 1.83.